The van der Waals surface area contributed by atoms with Gasteiger partial charge in [-0.25, -0.2) is 4.98 Å². The number of aryl methyl sites for hydroxylation is 2. The molecule has 0 aliphatic carbocycles. The molecule has 1 aromatic carbocycles. The molecule has 90 valence electrons. The van der Waals surface area contributed by atoms with Crippen LogP contribution >= 0.6 is 11.6 Å². The molecule has 1 atom stereocenters. The fourth-order valence-corrected chi connectivity index (χ4v) is 2.13. The monoisotopic (exact) mass is 249 g/mol. The number of aromatic nitrogens is 2. The van der Waals surface area contributed by atoms with Crippen molar-refractivity contribution in [2.45, 2.75) is 18.9 Å². The molecule has 0 saturated carbocycles. The van der Waals surface area contributed by atoms with Crippen LogP contribution in [0, 0.1) is 0 Å². The van der Waals surface area contributed by atoms with Crippen LogP contribution < -0.4 is 5.73 Å². The lowest BCUT2D eigenvalue weighted by Gasteiger charge is -2.13. The van der Waals surface area contributed by atoms with E-state index >= 15 is 0 Å². The molecule has 2 N–H and O–H groups in total. The van der Waals surface area contributed by atoms with Crippen LogP contribution in [0.5, 0.6) is 0 Å². The van der Waals surface area contributed by atoms with Gasteiger partial charge in [-0.15, -0.1) is 0 Å². The number of benzene rings is 1. The van der Waals surface area contributed by atoms with Crippen molar-refractivity contribution in [2.75, 3.05) is 0 Å². The van der Waals surface area contributed by atoms with Gasteiger partial charge in [-0.1, -0.05) is 29.8 Å². The van der Waals surface area contributed by atoms with Gasteiger partial charge in [-0.2, -0.15) is 0 Å². The van der Waals surface area contributed by atoms with E-state index in [1.54, 1.807) is 6.20 Å². The molecule has 2 aromatic rings. The van der Waals surface area contributed by atoms with Gasteiger partial charge in [0.2, 0.25) is 0 Å². The lowest BCUT2D eigenvalue weighted by atomic mass is 10.0. The SMILES string of the molecule is Cn1ccnc1CCC(N)c1ccccc1Cl. The van der Waals surface area contributed by atoms with E-state index in [-0.39, 0.29) is 6.04 Å². The largest absolute Gasteiger partial charge is 0.338 e. The standard InChI is InChI=1S/C13H16ClN3/c1-17-9-8-16-13(17)7-6-12(15)10-4-2-3-5-11(10)14/h2-5,8-9,12H,6-7,15H2,1H3. The Balaban J connectivity index is 2.01. The third-order valence-electron chi connectivity index (χ3n) is 2.90. The summed E-state index contributed by atoms with van der Waals surface area (Å²) in [6, 6.07) is 7.68. The van der Waals surface area contributed by atoms with Crippen LogP contribution in [0.15, 0.2) is 36.7 Å². The summed E-state index contributed by atoms with van der Waals surface area (Å²) in [6.07, 6.45) is 5.44. The Morgan fingerprint density at radius 2 is 2.18 bits per heavy atom. The molecule has 1 heterocycles. The summed E-state index contributed by atoms with van der Waals surface area (Å²) in [6.45, 7) is 0. The van der Waals surface area contributed by atoms with Gasteiger partial charge in [0.1, 0.15) is 5.82 Å². The molecule has 3 nitrogen and oxygen atoms in total. The van der Waals surface area contributed by atoms with Crippen molar-refractivity contribution in [1.82, 2.24) is 9.55 Å². The number of nitrogens with zero attached hydrogens (tertiary/aromatic N) is 2. The maximum absolute atomic E-state index is 6.14. The molecule has 1 aromatic heterocycles. The molecule has 0 spiro atoms. The summed E-state index contributed by atoms with van der Waals surface area (Å²) in [5, 5.41) is 0.736. The predicted octanol–water partition coefficient (Wildman–Crippen LogP) is 2.71. The van der Waals surface area contributed by atoms with Crippen molar-refractivity contribution in [3.63, 3.8) is 0 Å². The second-order valence-electron chi connectivity index (χ2n) is 4.12. The van der Waals surface area contributed by atoms with Crippen LogP contribution in [0.4, 0.5) is 0 Å². The number of nitrogens with two attached hydrogens (primary N) is 1. The van der Waals surface area contributed by atoms with E-state index in [9.17, 15) is 0 Å². The Bertz CT molecular complexity index is 493. The predicted molar refractivity (Wildman–Crippen MR) is 69.9 cm³/mol. The molecule has 0 aliphatic rings. The summed E-state index contributed by atoms with van der Waals surface area (Å²) in [4.78, 5) is 4.28. The molecule has 0 fully saturated rings. The zero-order valence-corrected chi connectivity index (χ0v) is 10.6. The van der Waals surface area contributed by atoms with Gasteiger partial charge >= 0.3 is 0 Å². The average molecular weight is 250 g/mol. The number of hydrogen-bond acceptors (Lipinski definition) is 2. The normalized spacial score (nSPS) is 12.6. The van der Waals surface area contributed by atoms with Gasteiger partial charge < -0.3 is 10.3 Å². The molecule has 1 unspecified atom stereocenters. The van der Waals surface area contributed by atoms with E-state index in [1.165, 1.54) is 0 Å². The van der Waals surface area contributed by atoms with Crippen molar-refractivity contribution >= 4 is 11.6 Å². The van der Waals surface area contributed by atoms with E-state index in [0.717, 1.165) is 29.3 Å². The second kappa shape index (κ2) is 5.34. The van der Waals surface area contributed by atoms with Crippen LogP contribution in [-0.2, 0) is 13.5 Å². The molecule has 4 heteroatoms. The van der Waals surface area contributed by atoms with Crippen LogP contribution in [-0.4, -0.2) is 9.55 Å². The van der Waals surface area contributed by atoms with E-state index in [1.807, 2.05) is 42.1 Å². The van der Waals surface area contributed by atoms with Crippen molar-refractivity contribution in [3.8, 4) is 0 Å². The molecule has 2 rings (SSSR count). The first-order valence-electron chi connectivity index (χ1n) is 5.64. The second-order valence-corrected chi connectivity index (χ2v) is 4.53. The van der Waals surface area contributed by atoms with Crippen molar-refractivity contribution in [2.24, 2.45) is 12.8 Å². The first-order chi connectivity index (χ1) is 8.18. The maximum Gasteiger partial charge on any atom is 0.108 e. The van der Waals surface area contributed by atoms with Crippen LogP contribution in [0.2, 0.25) is 5.02 Å². The van der Waals surface area contributed by atoms with Crippen molar-refractivity contribution in [3.05, 3.63) is 53.1 Å². The van der Waals surface area contributed by atoms with Crippen molar-refractivity contribution in [1.29, 1.82) is 0 Å². The molecule has 0 aliphatic heterocycles. The molecule has 0 bridgehead atoms. The van der Waals surface area contributed by atoms with Gasteiger partial charge in [0, 0.05) is 36.9 Å². The summed E-state index contributed by atoms with van der Waals surface area (Å²) in [5.41, 5.74) is 7.14. The van der Waals surface area contributed by atoms with Gasteiger partial charge in [-0.05, 0) is 18.1 Å². The number of halogens is 1. The molecule has 0 radical (unpaired) electrons. The highest BCUT2D eigenvalue weighted by atomic mass is 35.5. The minimum atomic E-state index is -0.0413. The smallest absolute Gasteiger partial charge is 0.108 e. The summed E-state index contributed by atoms with van der Waals surface area (Å²) < 4.78 is 2.01. The first kappa shape index (κ1) is 12.1. The Hall–Kier alpha value is -1.32. The third kappa shape index (κ3) is 2.87. The third-order valence-corrected chi connectivity index (χ3v) is 3.25. The summed E-state index contributed by atoms with van der Waals surface area (Å²) >= 11 is 6.11. The molecular formula is C13H16ClN3. The van der Waals surface area contributed by atoms with Crippen LogP contribution in [0.25, 0.3) is 0 Å². The summed E-state index contributed by atoms with van der Waals surface area (Å²) in [5.74, 6) is 1.05. The minimum absolute atomic E-state index is 0.0413. The highest BCUT2D eigenvalue weighted by Crippen LogP contribution is 2.23. The van der Waals surface area contributed by atoms with Crippen molar-refractivity contribution < 1.29 is 0 Å². The number of rotatable bonds is 4. The van der Waals surface area contributed by atoms with Gasteiger partial charge in [-0.3, -0.25) is 0 Å². The Kier molecular flexibility index (Phi) is 3.82. The highest BCUT2D eigenvalue weighted by Gasteiger charge is 2.10. The van der Waals surface area contributed by atoms with E-state index < -0.39 is 0 Å². The number of imidazole rings is 1. The Morgan fingerprint density at radius 1 is 1.41 bits per heavy atom. The first-order valence-corrected chi connectivity index (χ1v) is 6.02. The molecular weight excluding hydrogens is 234 g/mol. The maximum atomic E-state index is 6.14. The topological polar surface area (TPSA) is 43.8 Å². The Morgan fingerprint density at radius 3 is 2.82 bits per heavy atom. The number of hydrogen-bond donors (Lipinski definition) is 1. The zero-order chi connectivity index (χ0) is 12.3. The molecule has 0 amide bonds. The summed E-state index contributed by atoms with van der Waals surface area (Å²) in [7, 11) is 1.99. The van der Waals surface area contributed by atoms with Crippen LogP contribution in [0.3, 0.4) is 0 Å². The van der Waals surface area contributed by atoms with Gasteiger partial charge in [0.15, 0.2) is 0 Å². The lowest BCUT2D eigenvalue weighted by Crippen LogP contribution is -2.13. The molecule has 0 saturated heterocycles. The average Bonchev–Trinajstić information content (AvgIpc) is 2.72. The van der Waals surface area contributed by atoms with E-state index in [0.29, 0.717) is 0 Å². The molecule has 17 heavy (non-hydrogen) atoms. The zero-order valence-electron chi connectivity index (χ0n) is 9.81. The quantitative estimate of drug-likeness (QED) is 0.906. The van der Waals surface area contributed by atoms with Gasteiger partial charge in [0.25, 0.3) is 0 Å². The van der Waals surface area contributed by atoms with Crippen LogP contribution in [0.1, 0.15) is 23.9 Å². The van der Waals surface area contributed by atoms with E-state index in [2.05, 4.69) is 4.98 Å². The minimum Gasteiger partial charge on any atom is -0.338 e. The Labute approximate surface area is 106 Å². The lowest BCUT2D eigenvalue weighted by molar-refractivity contribution is 0.621. The van der Waals surface area contributed by atoms with Gasteiger partial charge in [0.05, 0.1) is 0 Å². The van der Waals surface area contributed by atoms with E-state index in [4.69, 9.17) is 17.3 Å². The fourth-order valence-electron chi connectivity index (χ4n) is 1.85. The fraction of sp³-hybridized carbons (Fsp3) is 0.308. The highest BCUT2D eigenvalue weighted by molar-refractivity contribution is 6.31.